The zero-order valence-electron chi connectivity index (χ0n) is 8.66. The fourth-order valence-corrected chi connectivity index (χ4v) is 1.61. The van der Waals surface area contributed by atoms with E-state index in [1.807, 2.05) is 6.07 Å². The molecule has 0 spiro atoms. The maximum Gasteiger partial charge on any atom is 0.124 e. The molecule has 0 aliphatic carbocycles. The van der Waals surface area contributed by atoms with Gasteiger partial charge in [-0.15, -0.1) is 0 Å². The molecule has 0 fully saturated rings. The Bertz CT molecular complexity index is 451. The van der Waals surface area contributed by atoms with E-state index in [1.54, 1.807) is 13.4 Å². The zero-order valence-corrected chi connectivity index (χ0v) is 8.66. The molecule has 14 heavy (non-hydrogen) atoms. The molecule has 0 aliphatic heterocycles. The molecule has 76 valence electrons. The summed E-state index contributed by atoms with van der Waals surface area (Å²) in [5, 5.41) is 0. The summed E-state index contributed by atoms with van der Waals surface area (Å²) in [5.41, 5.74) is 3.23. The molecular formula is C11H16N2O. The molecule has 0 unspecified atom stereocenters. The Morgan fingerprint density at radius 3 is 2.86 bits per heavy atom. The number of aromatic nitrogens is 2. The summed E-state index contributed by atoms with van der Waals surface area (Å²) in [5.74, 6) is 1.37. The number of nitrogens with zero attached hydrogens (tertiary/aromatic N) is 1. The van der Waals surface area contributed by atoms with Gasteiger partial charge in [0.05, 0.1) is 24.5 Å². The lowest BCUT2D eigenvalue weighted by molar-refractivity contribution is 0.408. The maximum absolute atomic E-state index is 5.33. The van der Waals surface area contributed by atoms with Crippen LogP contribution in [0.15, 0.2) is 18.5 Å². The minimum Gasteiger partial charge on any atom is -0.496 e. The summed E-state index contributed by atoms with van der Waals surface area (Å²) in [4.78, 5) is 7.29. The average Bonchev–Trinajstić information content (AvgIpc) is 2.62. The molecule has 3 nitrogen and oxygen atoms in total. The van der Waals surface area contributed by atoms with Gasteiger partial charge in [-0.25, -0.2) is 4.98 Å². The molecule has 0 amide bonds. The number of fused-ring (bicyclic) bond motifs is 1. The monoisotopic (exact) mass is 192 g/mol. The van der Waals surface area contributed by atoms with Gasteiger partial charge >= 0.3 is 0 Å². The molecule has 2 aromatic rings. The van der Waals surface area contributed by atoms with E-state index in [4.69, 9.17) is 4.74 Å². The number of ether oxygens (including phenoxy) is 1. The van der Waals surface area contributed by atoms with Gasteiger partial charge in [0.1, 0.15) is 5.75 Å². The summed E-state index contributed by atoms with van der Waals surface area (Å²) < 4.78 is 5.33. The smallest absolute Gasteiger partial charge is 0.124 e. The van der Waals surface area contributed by atoms with Crippen LogP contribution in [0.2, 0.25) is 0 Å². The molecule has 0 bridgehead atoms. The highest BCUT2D eigenvalue weighted by atomic mass is 16.5. The minimum atomic E-state index is 0. The van der Waals surface area contributed by atoms with Crippen LogP contribution in [0.5, 0.6) is 5.75 Å². The average molecular weight is 192 g/mol. The summed E-state index contributed by atoms with van der Waals surface area (Å²) in [6, 6.07) is 4.08. The Labute approximate surface area is 84.6 Å². The summed E-state index contributed by atoms with van der Waals surface area (Å²) >= 11 is 0. The molecule has 1 N–H and O–H groups in total. The molecule has 1 aromatic carbocycles. The van der Waals surface area contributed by atoms with Gasteiger partial charge in [-0.05, 0) is 17.5 Å². The first-order valence-corrected chi connectivity index (χ1v) is 4.73. The van der Waals surface area contributed by atoms with Crippen molar-refractivity contribution in [3.8, 4) is 5.75 Å². The van der Waals surface area contributed by atoms with Crippen LogP contribution in [-0.4, -0.2) is 17.1 Å². The third kappa shape index (κ3) is 1.35. The molecule has 3 heteroatoms. The number of rotatable bonds is 2. The summed E-state index contributed by atoms with van der Waals surface area (Å²) in [6.07, 6.45) is 1.70. The largest absolute Gasteiger partial charge is 0.496 e. The van der Waals surface area contributed by atoms with Gasteiger partial charge in [0.25, 0.3) is 0 Å². The molecule has 1 heterocycles. The number of imidazole rings is 1. The van der Waals surface area contributed by atoms with Crippen molar-refractivity contribution in [1.82, 2.24) is 9.97 Å². The zero-order chi connectivity index (χ0) is 10.1. The van der Waals surface area contributed by atoms with Gasteiger partial charge in [-0.2, -0.15) is 0 Å². The quantitative estimate of drug-likeness (QED) is 0.794. The second kappa shape index (κ2) is 3.33. The standard InChI is InChI=1S/C11H14N2O.H2/c1-7(2)8-4-9-10(13-6-12-9)5-11(8)14-3;/h4-7H,1-3H3,(H,12,13);1H. The Balaban J connectivity index is 0.00000112. The van der Waals surface area contributed by atoms with Crippen molar-refractivity contribution in [2.24, 2.45) is 0 Å². The molecule has 0 aliphatic rings. The van der Waals surface area contributed by atoms with E-state index in [-0.39, 0.29) is 1.43 Å². The number of hydrogen-bond donors (Lipinski definition) is 1. The highest BCUT2D eigenvalue weighted by Crippen LogP contribution is 2.29. The van der Waals surface area contributed by atoms with Crippen LogP contribution >= 0.6 is 0 Å². The van der Waals surface area contributed by atoms with E-state index in [1.165, 1.54) is 5.56 Å². The highest BCUT2D eigenvalue weighted by Gasteiger charge is 2.09. The van der Waals surface area contributed by atoms with Crippen LogP contribution in [0, 0.1) is 0 Å². The fourth-order valence-electron chi connectivity index (χ4n) is 1.61. The van der Waals surface area contributed by atoms with Crippen molar-refractivity contribution in [3.05, 3.63) is 24.0 Å². The van der Waals surface area contributed by atoms with Crippen molar-refractivity contribution in [2.45, 2.75) is 19.8 Å². The maximum atomic E-state index is 5.33. The van der Waals surface area contributed by atoms with Crippen molar-refractivity contribution >= 4 is 11.0 Å². The molecule has 2 rings (SSSR count). The number of methoxy groups -OCH3 is 1. The normalized spacial score (nSPS) is 11.1. The van der Waals surface area contributed by atoms with Crippen LogP contribution in [0.4, 0.5) is 0 Å². The first-order valence-electron chi connectivity index (χ1n) is 4.73. The van der Waals surface area contributed by atoms with E-state index < -0.39 is 0 Å². The van der Waals surface area contributed by atoms with Crippen LogP contribution in [0.3, 0.4) is 0 Å². The van der Waals surface area contributed by atoms with Gasteiger partial charge in [0, 0.05) is 7.49 Å². The number of H-pyrrole nitrogens is 1. The van der Waals surface area contributed by atoms with Crippen molar-refractivity contribution in [2.75, 3.05) is 7.11 Å². The van der Waals surface area contributed by atoms with E-state index in [9.17, 15) is 0 Å². The van der Waals surface area contributed by atoms with E-state index in [2.05, 4.69) is 29.9 Å². The summed E-state index contributed by atoms with van der Waals surface area (Å²) in [7, 11) is 1.69. The number of hydrogen-bond acceptors (Lipinski definition) is 2. The Hall–Kier alpha value is -1.51. The second-order valence-corrected chi connectivity index (χ2v) is 3.67. The van der Waals surface area contributed by atoms with Crippen LogP contribution in [0.1, 0.15) is 26.8 Å². The SMILES string of the molecule is COc1cc2nc[nH]c2cc1C(C)C.[HH]. The number of aromatic amines is 1. The van der Waals surface area contributed by atoms with Gasteiger partial charge in [-0.1, -0.05) is 13.8 Å². The number of nitrogens with one attached hydrogen (secondary N) is 1. The summed E-state index contributed by atoms with van der Waals surface area (Å²) in [6.45, 7) is 4.31. The Kier molecular flexibility index (Phi) is 2.15. The molecule has 1 aromatic heterocycles. The van der Waals surface area contributed by atoms with Gasteiger partial charge in [0.2, 0.25) is 0 Å². The fraction of sp³-hybridized carbons (Fsp3) is 0.364. The van der Waals surface area contributed by atoms with Crippen molar-refractivity contribution in [3.63, 3.8) is 0 Å². The third-order valence-electron chi connectivity index (χ3n) is 2.39. The second-order valence-electron chi connectivity index (χ2n) is 3.67. The molecule has 0 atom stereocenters. The van der Waals surface area contributed by atoms with Crippen molar-refractivity contribution in [1.29, 1.82) is 0 Å². The molecule has 0 radical (unpaired) electrons. The topological polar surface area (TPSA) is 37.9 Å². The highest BCUT2D eigenvalue weighted by molar-refractivity contribution is 5.77. The van der Waals surface area contributed by atoms with Gasteiger partial charge in [-0.3, -0.25) is 0 Å². The molecule has 0 saturated carbocycles. The lowest BCUT2D eigenvalue weighted by Gasteiger charge is -2.11. The van der Waals surface area contributed by atoms with E-state index in [0.717, 1.165) is 16.8 Å². The van der Waals surface area contributed by atoms with Crippen molar-refractivity contribution < 1.29 is 6.16 Å². The van der Waals surface area contributed by atoms with Gasteiger partial charge < -0.3 is 9.72 Å². The van der Waals surface area contributed by atoms with E-state index in [0.29, 0.717) is 5.92 Å². The van der Waals surface area contributed by atoms with Crippen LogP contribution in [0.25, 0.3) is 11.0 Å². The first kappa shape index (κ1) is 9.06. The number of benzene rings is 1. The van der Waals surface area contributed by atoms with Crippen LogP contribution in [-0.2, 0) is 0 Å². The van der Waals surface area contributed by atoms with E-state index >= 15 is 0 Å². The third-order valence-corrected chi connectivity index (χ3v) is 2.39. The Morgan fingerprint density at radius 1 is 1.43 bits per heavy atom. The lowest BCUT2D eigenvalue weighted by atomic mass is 10.0. The Morgan fingerprint density at radius 2 is 2.21 bits per heavy atom. The molecular weight excluding hydrogens is 176 g/mol. The lowest BCUT2D eigenvalue weighted by Crippen LogP contribution is -1.94. The minimum absolute atomic E-state index is 0. The van der Waals surface area contributed by atoms with Crippen LogP contribution < -0.4 is 4.74 Å². The predicted octanol–water partition coefficient (Wildman–Crippen LogP) is 2.94. The molecule has 0 saturated heterocycles. The predicted molar refractivity (Wildman–Crippen MR) is 58.8 cm³/mol. The first-order chi connectivity index (χ1) is 6.72. The van der Waals surface area contributed by atoms with Gasteiger partial charge in [0.15, 0.2) is 0 Å².